The summed E-state index contributed by atoms with van der Waals surface area (Å²) in [5.41, 5.74) is -0.518. The minimum atomic E-state index is -1.05. The van der Waals surface area contributed by atoms with Crippen molar-refractivity contribution >= 4 is 29.2 Å². The van der Waals surface area contributed by atoms with Gasteiger partial charge in [0, 0.05) is 0 Å². The van der Waals surface area contributed by atoms with Crippen LogP contribution in [0.2, 0.25) is 10.0 Å². The SMILES string of the molecule is CCOC(=O)C(C)(C)C(O)c1ccc(Cl)c(Cl)c1. The van der Waals surface area contributed by atoms with E-state index in [1.54, 1.807) is 39.0 Å². The van der Waals surface area contributed by atoms with Gasteiger partial charge >= 0.3 is 5.97 Å². The maximum Gasteiger partial charge on any atom is 0.314 e. The first-order chi connectivity index (χ1) is 8.30. The van der Waals surface area contributed by atoms with Crippen molar-refractivity contribution in [1.29, 1.82) is 0 Å². The molecule has 0 aliphatic rings. The van der Waals surface area contributed by atoms with E-state index in [9.17, 15) is 9.90 Å². The van der Waals surface area contributed by atoms with E-state index in [4.69, 9.17) is 27.9 Å². The number of rotatable bonds is 4. The number of carbonyl (C=O) groups is 1. The molecule has 0 fully saturated rings. The van der Waals surface area contributed by atoms with Gasteiger partial charge in [-0.3, -0.25) is 4.79 Å². The molecular weight excluding hydrogens is 275 g/mol. The third-order valence-electron chi connectivity index (χ3n) is 2.74. The minimum Gasteiger partial charge on any atom is -0.465 e. The number of aliphatic hydroxyl groups excluding tert-OH is 1. The number of esters is 1. The lowest BCUT2D eigenvalue weighted by atomic mass is 9.83. The average molecular weight is 291 g/mol. The van der Waals surface area contributed by atoms with Crippen molar-refractivity contribution in [3.8, 4) is 0 Å². The number of ether oxygens (including phenoxy) is 1. The fraction of sp³-hybridized carbons (Fsp3) is 0.462. The monoisotopic (exact) mass is 290 g/mol. The second kappa shape index (κ2) is 5.91. The first-order valence-electron chi connectivity index (χ1n) is 5.61. The first kappa shape index (κ1) is 15.3. The topological polar surface area (TPSA) is 46.5 Å². The van der Waals surface area contributed by atoms with Crippen LogP contribution in [0.3, 0.4) is 0 Å². The molecule has 100 valence electrons. The lowest BCUT2D eigenvalue weighted by Gasteiger charge is -2.28. The Labute approximate surface area is 117 Å². The molecule has 3 nitrogen and oxygen atoms in total. The minimum absolute atomic E-state index is 0.274. The van der Waals surface area contributed by atoms with Gasteiger partial charge in [-0.25, -0.2) is 0 Å². The van der Waals surface area contributed by atoms with Crippen LogP contribution in [0.15, 0.2) is 18.2 Å². The van der Waals surface area contributed by atoms with Crippen LogP contribution in [0, 0.1) is 5.41 Å². The van der Waals surface area contributed by atoms with Gasteiger partial charge in [-0.1, -0.05) is 29.3 Å². The number of carbonyl (C=O) groups excluding carboxylic acids is 1. The zero-order valence-corrected chi connectivity index (χ0v) is 12.0. The van der Waals surface area contributed by atoms with E-state index in [0.717, 1.165) is 0 Å². The smallest absolute Gasteiger partial charge is 0.314 e. The van der Waals surface area contributed by atoms with Gasteiger partial charge in [-0.2, -0.15) is 0 Å². The molecule has 0 spiro atoms. The second-order valence-electron chi connectivity index (χ2n) is 4.52. The lowest BCUT2D eigenvalue weighted by Crippen LogP contribution is -2.33. The van der Waals surface area contributed by atoms with E-state index < -0.39 is 17.5 Å². The Kier molecular flexibility index (Phi) is 5.02. The molecule has 0 radical (unpaired) electrons. The van der Waals surface area contributed by atoms with Gasteiger partial charge in [-0.05, 0) is 38.5 Å². The zero-order chi connectivity index (χ0) is 13.9. The predicted molar refractivity (Wildman–Crippen MR) is 71.8 cm³/mol. The van der Waals surface area contributed by atoms with Crippen molar-refractivity contribution < 1.29 is 14.6 Å². The molecule has 0 saturated heterocycles. The van der Waals surface area contributed by atoms with Crippen molar-refractivity contribution in [2.75, 3.05) is 6.61 Å². The largest absolute Gasteiger partial charge is 0.465 e. The van der Waals surface area contributed by atoms with Gasteiger partial charge in [0.15, 0.2) is 0 Å². The molecule has 18 heavy (non-hydrogen) atoms. The summed E-state index contributed by atoms with van der Waals surface area (Å²) in [6.07, 6.45) is -1.01. The van der Waals surface area contributed by atoms with Gasteiger partial charge in [-0.15, -0.1) is 0 Å². The number of aliphatic hydroxyl groups is 1. The van der Waals surface area contributed by atoms with Crippen LogP contribution in [0.1, 0.15) is 32.4 Å². The Bertz CT molecular complexity index is 444. The van der Waals surface area contributed by atoms with Crippen LogP contribution in [-0.4, -0.2) is 17.7 Å². The number of hydrogen-bond acceptors (Lipinski definition) is 3. The van der Waals surface area contributed by atoms with E-state index >= 15 is 0 Å². The molecule has 0 aliphatic carbocycles. The van der Waals surface area contributed by atoms with Crippen molar-refractivity contribution in [3.63, 3.8) is 0 Å². The summed E-state index contributed by atoms with van der Waals surface area (Å²) >= 11 is 11.7. The van der Waals surface area contributed by atoms with Crippen LogP contribution in [-0.2, 0) is 9.53 Å². The third-order valence-corrected chi connectivity index (χ3v) is 3.48. The summed E-state index contributed by atoms with van der Waals surface area (Å²) in [4.78, 5) is 11.8. The van der Waals surface area contributed by atoms with E-state index in [1.807, 2.05) is 0 Å². The van der Waals surface area contributed by atoms with E-state index in [1.165, 1.54) is 0 Å². The molecule has 1 aromatic rings. The molecule has 0 aliphatic heterocycles. The van der Waals surface area contributed by atoms with E-state index in [-0.39, 0.29) is 6.61 Å². The zero-order valence-electron chi connectivity index (χ0n) is 10.5. The molecule has 0 aromatic heterocycles. The number of hydrogen-bond donors (Lipinski definition) is 1. The quantitative estimate of drug-likeness (QED) is 0.862. The van der Waals surface area contributed by atoms with Crippen molar-refractivity contribution in [1.82, 2.24) is 0 Å². The molecule has 5 heteroatoms. The Morgan fingerprint density at radius 2 is 2.00 bits per heavy atom. The fourth-order valence-electron chi connectivity index (χ4n) is 1.53. The molecule has 0 heterocycles. The normalized spacial score (nSPS) is 13.2. The lowest BCUT2D eigenvalue weighted by molar-refractivity contribution is -0.160. The Hall–Kier alpha value is -0.770. The molecule has 1 N–H and O–H groups in total. The van der Waals surface area contributed by atoms with Crippen LogP contribution < -0.4 is 0 Å². The molecule has 1 unspecified atom stereocenters. The molecule has 1 aromatic carbocycles. The maximum absolute atomic E-state index is 11.8. The average Bonchev–Trinajstić information content (AvgIpc) is 2.32. The van der Waals surface area contributed by atoms with Gasteiger partial charge < -0.3 is 9.84 Å². The van der Waals surface area contributed by atoms with Crippen LogP contribution in [0.25, 0.3) is 0 Å². The standard InChI is InChI=1S/C13H16Cl2O3/c1-4-18-12(17)13(2,3)11(16)8-5-6-9(14)10(15)7-8/h5-7,11,16H,4H2,1-3H3. The number of benzene rings is 1. The van der Waals surface area contributed by atoms with Gasteiger partial charge in [0.1, 0.15) is 0 Å². The third kappa shape index (κ3) is 3.16. The summed E-state index contributed by atoms with van der Waals surface area (Å²) < 4.78 is 4.95. The van der Waals surface area contributed by atoms with Gasteiger partial charge in [0.25, 0.3) is 0 Å². The van der Waals surface area contributed by atoms with Crippen molar-refractivity contribution in [2.24, 2.45) is 5.41 Å². The fourth-order valence-corrected chi connectivity index (χ4v) is 1.83. The second-order valence-corrected chi connectivity index (χ2v) is 5.33. The van der Waals surface area contributed by atoms with E-state index in [0.29, 0.717) is 15.6 Å². The highest BCUT2D eigenvalue weighted by Crippen LogP contribution is 2.36. The van der Waals surface area contributed by atoms with Crippen LogP contribution in [0.4, 0.5) is 0 Å². The van der Waals surface area contributed by atoms with Gasteiger partial charge in [0.2, 0.25) is 0 Å². The highest BCUT2D eigenvalue weighted by atomic mass is 35.5. The van der Waals surface area contributed by atoms with Crippen LogP contribution >= 0.6 is 23.2 Å². The summed E-state index contributed by atoms with van der Waals surface area (Å²) in [5.74, 6) is -0.455. The Morgan fingerprint density at radius 1 is 1.39 bits per heavy atom. The number of halogens is 2. The molecule has 1 rings (SSSR count). The highest BCUT2D eigenvalue weighted by Gasteiger charge is 2.38. The predicted octanol–water partition coefficient (Wildman–Crippen LogP) is 3.62. The summed E-state index contributed by atoms with van der Waals surface area (Å²) in [6.45, 7) is 5.24. The van der Waals surface area contributed by atoms with E-state index in [2.05, 4.69) is 0 Å². The molecular formula is C13H16Cl2O3. The molecule has 0 saturated carbocycles. The molecule has 0 bridgehead atoms. The summed E-state index contributed by atoms with van der Waals surface area (Å²) in [7, 11) is 0. The summed E-state index contributed by atoms with van der Waals surface area (Å²) in [5, 5.41) is 11.0. The molecule has 0 amide bonds. The highest BCUT2D eigenvalue weighted by molar-refractivity contribution is 6.42. The maximum atomic E-state index is 11.8. The Morgan fingerprint density at radius 3 is 2.50 bits per heavy atom. The van der Waals surface area contributed by atoms with Crippen molar-refractivity contribution in [2.45, 2.75) is 26.9 Å². The van der Waals surface area contributed by atoms with Crippen LogP contribution in [0.5, 0.6) is 0 Å². The summed E-state index contributed by atoms with van der Waals surface area (Å²) in [6, 6.07) is 4.78. The van der Waals surface area contributed by atoms with Crippen molar-refractivity contribution in [3.05, 3.63) is 33.8 Å². The first-order valence-corrected chi connectivity index (χ1v) is 6.36. The molecule has 1 atom stereocenters. The van der Waals surface area contributed by atoms with Gasteiger partial charge in [0.05, 0.1) is 28.2 Å². The Balaban J connectivity index is 3.01.